The van der Waals surface area contributed by atoms with Crippen molar-refractivity contribution in [2.45, 2.75) is 80.9 Å². The largest absolute Gasteiger partial charge is 0.453 e. The van der Waals surface area contributed by atoms with Crippen molar-refractivity contribution in [3.63, 3.8) is 0 Å². The van der Waals surface area contributed by atoms with Gasteiger partial charge in [-0.25, -0.2) is 19.6 Å². The van der Waals surface area contributed by atoms with E-state index in [0.29, 0.717) is 30.0 Å². The number of piperidine rings is 1. The van der Waals surface area contributed by atoms with Gasteiger partial charge in [0, 0.05) is 18.7 Å². The summed E-state index contributed by atoms with van der Waals surface area (Å²) in [5, 5.41) is 5.51. The summed E-state index contributed by atoms with van der Waals surface area (Å²) in [7, 11) is 4.80. The second-order valence-corrected chi connectivity index (χ2v) is 18.9. The number of imidazole rings is 2. The lowest BCUT2D eigenvalue weighted by Crippen LogP contribution is -2.42. The Labute approximate surface area is 402 Å². The molecular weight excluding hydrogens is 871 g/mol. The van der Waals surface area contributed by atoms with Crippen molar-refractivity contribution in [2.75, 3.05) is 47.4 Å². The smallest absolute Gasteiger partial charge is 0.407 e. The van der Waals surface area contributed by atoms with Crippen molar-refractivity contribution in [3.8, 4) is 33.6 Å². The van der Waals surface area contributed by atoms with Crippen LogP contribution in [0.1, 0.15) is 103 Å². The first-order valence-electron chi connectivity index (χ1n) is 24.1. The fourth-order valence-corrected chi connectivity index (χ4v) is 11.3. The lowest BCUT2D eigenvalue weighted by molar-refractivity contribution is -0.135. The third-order valence-electron chi connectivity index (χ3n) is 15.0. The van der Waals surface area contributed by atoms with Crippen LogP contribution in [-0.2, 0) is 30.9 Å². The highest BCUT2D eigenvalue weighted by molar-refractivity contribution is 5.88. The predicted molar refractivity (Wildman–Crippen MR) is 261 cm³/mol. The summed E-state index contributed by atoms with van der Waals surface area (Å²) >= 11 is 0. The number of carbonyl (C=O) groups is 4. The minimum atomic E-state index is -0.890. The van der Waals surface area contributed by atoms with Crippen LogP contribution in [0.3, 0.4) is 0 Å². The van der Waals surface area contributed by atoms with Crippen LogP contribution >= 0.6 is 0 Å². The van der Waals surface area contributed by atoms with Crippen molar-refractivity contribution >= 4 is 24.0 Å². The molecule has 15 heteroatoms. The SMILES string of the molecule is COC(=O)N[C@H](C(=O)N1CCC[C@H]1c1ncc(-c2ccc(-c3ccc(-c4cnc([C@@H]5CCCN5C(=O)[C@@H](NC(=O)OC)c5ccccc5)[nH]4)c4c3C3(CC4)CCN(C)CC3)cc2)[nH]1)c1ccccc1. The molecule has 69 heavy (non-hydrogen) atoms. The number of alkyl carbamates (subject to hydrolysis) is 2. The quantitative estimate of drug-likeness (QED) is 0.0991. The number of nitrogens with one attached hydrogen (secondary N) is 4. The molecule has 15 nitrogen and oxygen atoms in total. The van der Waals surface area contributed by atoms with Crippen LogP contribution in [0.25, 0.3) is 33.6 Å². The first kappa shape index (κ1) is 45.5. The average Bonchev–Trinajstić information content (AvgIpc) is 4.26. The molecule has 3 saturated heterocycles. The van der Waals surface area contributed by atoms with Crippen molar-refractivity contribution in [3.05, 3.63) is 143 Å². The van der Waals surface area contributed by atoms with Crippen LogP contribution in [0, 0.1) is 0 Å². The van der Waals surface area contributed by atoms with E-state index in [-0.39, 0.29) is 29.3 Å². The van der Waals surface area contributed by atoms with Gasteiger partial charge in [0.2, 0.25) is 0 Å². The van der Waals surface area contributed by atoms with Crippen LogP contribution in [0.15, 0.2) is 109 Å². The Morgan fingerprint density at radius 1 is 0.623 bits per heavy atom. The monoisotopic (exact) mass is 929 g/mol. The molecule has 0 radical (unpaired) electrons. The van der Waals surface area contributed by atoms with E-state index in [1.165, 1.54) is 30.9 Å². The molecule has 1 spiro atoms. The lowest BCUT2D eigenvalue weighted by atomic mass is 9.71. The number of hydrogen-bond donors (Lipinski definition) is 4. The van der Waals surface area contributed by atoms with Gasteiger partial charge in [0.05, 0.1) is 50.1 Å². The molecule has 2 aromatic heterocycles. The first-order valence-corrected chi connectivity index (χ1v) is 24.1. The summed E-state index contributed by atoms with van der Waals surface area (Å²) < 4.78 is 9.79. The summed E-state index contributed by atoms with van der Waals surface area (Å²) in [5.41, 5.74) is 10.5. The Balaban J connectivity index is 0.914. The maximum Gasteiger partial charge on any atom is 0.407 e. The van der Waals surface area contributed by atoms with Gasteiger partial charge in [0.1, 0.15) is 23.7 Å². The Morgan fingerprint density at radius 2 is 1.12 bits per heavy atom. The number of fused-ring (bicyclic) bond motifs is 2. The third kappa shape index (κ3) is 8.87. The van der Waals surface area contributed by atoms with Gasteiger partial charge < -0.3 is 44.8 Å². The van der Waals surface area contributed by atoms with E-state index >= 15 is 0 Å². The number of carbonyl (C=O) groups excluding carboxylic acids is 4. The molecule has 6 aromatic rings. The normalized spacial score (nSPS) is 19.5. The Bertz CT molecular complexity index is 2820. The second-order valence-electron chi connectivity index (χ2n) is 18.9. The van der Waals surface area contributed by atoms with Crippen LogP contribution in [0.2, 0.25) is 0 Å². The van der Waals surface area contributed by atoms with E-state index in [2.05, 4.69) is 68.9 Å². The van der Waals surface area contributed by atoms with E-state index in [4.69, 9.17) is 19.4 Å². The standard InChI is InChI=1S/C54H59N9O6/c1-61-30-26-54(27-31-61)25-24-40-39(42-33-56-49(58-42)44-17-11-29-63(44)51(65)47(60-53(67)69-3)37-14-8-5-9-15-37)23-22-38(45(40)54)34-18-20-35(21-19-34)41-32-55-48(57-41)43-16-10-28-62(43)50(64)46(59-52(66)68-2)36-12-6-4-7-13-36/h4-9,12-15,18-23,32-33,43-44,46-47H,10-11,16-17,24-31H2,1-3H3,(H,55,57)(H,56,58)(H,59,66)(H,60,67)/t43-,44-,46-,47-/m0/s1. The maximum absolute atomic E-state index is 14.2. The number of benzene rings is 4. The first-order chi connectivity index (χ1) is 33.6. The highest BCUT2D eigenvalue weighted by Gasteiger charge is 2.44. The summed E-state index contributed by atoms with van der Waals surface area (Å²) in [6.07, 6.45) is 9.79. The van der Waals surface area contributed by atoms with E-state index in [0.717, 1.165) is 98.4 Å². The van der Waals surface area contributed by atoms with Crippen LogP contribution in [0.4, 0.5) is 9.59 Å². The zero-order valence-corrected chi connectivity index (χ0v) is 39.4. The van der Waals surface area contributed by atoms with Crippen molar-refractivity contribution in [1.82, 2.24) is 45.3 Å². The van der Waals surface area contributed by atoms with Crippen LogP contribution in [0.5, 0.6) is 0 Å². The molecule has 0 bridgehead atoms. The van der Waals surface area contributed by atoms with Gasteiger partial charge in [0.15, 0.2) is 0 Å². The molecule has 3 aliphatic heterocycles. The van der Waals surface area contributed by atoms with Gasteiger partial charge in [-0.2, -0.15) is 0 Å². The lowest BCUT2D eigenvalue weighted by Gasteiger charge is -2.40. The van der Waals surface area contributed by atoms with E-state index in [9.17, 15) is 19.2 Å². The summed E-state index contributed by atoms with van der Waals surface area (Å²) in [4.78, 5) is 76.2. The van der Waals surface area contributed by atoms with Gasteiger partial charge in [-0.3, -0.25) is 9.59 Å². The molecule has 0 saturated carbocycles. The highest BCUT2D eigenvalue weighted by Crippen LogP contribution is 2.52. The van der Waals surface area contributed by atoms with Crippen molar-refractivity contribution in [2.24, 2.45) is 0 Å². The average molecular weight is 930 g/mol. The fourth-order valence-electron chi connectivity index (χ4n) is 11.3. The predicted octanol–water partition coefficient (Wildman–Crippen LogP) is 8.57. The van der Waals surface area contributed by atoms with E-state index in [1.54, 1.807) is 0 Å². The molecule has 4 amide bonds. The van der Waals surface area contributed by atoms with Crippen molar-refractivity contribution < 1.29 is 28.7 Å². The number of ether oxygens (including phenoxy) is 2. The number of aromatic amines is 2. The van der Waals surface area contributed by atoms with E-state index < -0.39 is 24.3 Å². The Kier molecular flexibility index (Phi) is 12.8. The molecule has 4 atom stereocenters. The number of aromatic nitrogens is 4. The van der Waals surface area contributed by atoms with Gasteiger partial charge in [-0.1, -0.05) is 97.1 Å². The number of hydrogen-bond acceptors (Lipinski definition) is 9. The molecule has 4 N–H and O–H groups in total. The number of nitrogens with zero attached hydrogens (tertiary/aromatic N) is 5. The highest BCUT2D eigenvalue weighted by atomic mass is 16.5. The topological polar surface area (TPSA) is 178 Å². The van der Waals surface area contributed by atoms with Crippen LogP contribution < -0.4 is 10.6 Å². The van der Waals surface area contributed by atoms with Gasteiger partial charge in [-0.05, 0) is 116 Å². The molecule has 3 fully saturated rings. The number of rotatable bonds is 11. The third-order valence-corrected chi connectivity index (χ3v) is 15.0. The van der Waals surface area contributed by atoms with Gasteiger partial charge in [0.25, 0.3) is 11.8 Å². The molecule has 1 aliphatic carbocycles. The molecule has 5 heterocycles. The number of methoxy groups -OCH3 is 2. The Morgan fingerprint density at radius 3 is 1.65 bits per heavy atom. The molecular formula is C54H59N9O6. The Hall–Kier alpha value is -7.26. The molecule has 4 aliphatic rings. The molecule has 4 aromatic carbocycles. The second kappa shape index (κ2) is 19.4. The summed E-state index contributed by atoms with van der Waals surface area (Å²) in [6.45, 7) is 3.19. The fraction of sp³-hybridized carbons (Fsp3) is 0.370. The maximum atomic E-state index is 14.2. The minimum absolute atomic E-state index is 0.0528. The zero-order chi connectivity index (χ0) is 47.6. The summed E-state index contributed by atoms with van der Waals surface area (Å²) in [5.74, 6) is 1.05. The molecule has 10 rings (SSSR count). The van der Waals surface area contributed by atoms with Crippen molar-refractivity contribution in [1.29, 1.82) is 0 Å². The van der Waals surface area contributed by atoms with Gasteiger partial charge >= 0.3 is 12.2 Å². The number of amides is 4. The minimum Gasteiger partial charge on any atom is -0.453 e. The zero-order valence-electron chi connectivity index (χ0n) is 39.4. The van der Waals surface area contributed by atoms with Gasteiger partial charge in [-0.15, -0.1) is 0 Å². The number of likely N-dealkylation sites (tertiary alicyclic amines) is 3. The molecule has 356 valence electrons. The summed E-state index contributed by atoms with van der Waals surface area (Å²) in [6, 6.07) is 29.4. The van der Waals surface area contributed by atoms with E-state index in [1.807, 2.05) is 82.9 Å². The number of H-pyrrole nitrogens is 2. The molecule has 0 unspecified atom stereocenters. The van der Waals surface area contributed by atoms with Crippen LogP contribution in [-0.4, -0.2) is 106 Å².